The number of sulfone groups is 1. The Morgan fingerprint density at radius 2 is 1.94 bits per heavy atom. The number of sulfonamides is 1. The first kappa shape index (κ1) is 23.6. The van der Waals surface area contributed by atoms with Crippen molar-refractivity contribution in [1.82, 2.24) is 4.31 Å². The third-order valence-electron chi connectivity index (χ3n) is 5.16. The van der Waals surface area contributed by atoms with Gasteiger partial charge in [-0.2, -0.15) is 9.57 Å². The molecule has 2 aromatic carbocycles. The van der Waals surface area contributed by atoms with Crippen LogP contribution >= 0.6 is 11.6 Å². The van der Waals surface area contributed by atoms with Crippen LogP contribution in [0.2, 0.25) is 5.02 Å². The molecule has 2 atom stereocenters. The van der Waals surface area contributed by atoms with E-state index in [-0.39, 0.29) is 15.5 Å². The van der Waals surface area contributed by atoms with Crippen molar-refractivity contribution in [3.63, 3.8) is 0 Å². The molecule has 1 fully saturated rings. The standard InChI is InChI=1S/C19H18ClFN2O6S2/c1-12-2-5-17(15(20)6-12)31(28,29)23-9-18(19(25,10-23)11-24)30(26,27)14-4-3-13(8-22)16(21)7-14/h2-7,18,24-25H,9-11H2,1H3/t18-,19-/m0/s1. The number of aliphatic hydroxyl groups excluding tert-OH is 1. The fourth-order valence-electron chi connectivity index (χ4n) is 3.43. The third-order valence-corrected chi connectivity index (χ3v) is 9.70. The first-order chi connectivity index (χ1) is 14.4. The van der Waals surface area contributed by atoms with Gasteiger partial charge >= 0.3 is 0 Å². The molecule has 1 heterocycles. The van der Waals surface area contributed by atoms with Gasteiger partial charge in [0.1, 0.15) is 27.6 Å². The summed E-state index contributed by atoms with van der Waals surface area (Å²) in [7, 11) is -8.81. The smallest absolute Gasteiger partial charge is 0.244 e. The predicted molar refractivity (Wildman–Crippen MR) is 109 cm³/mol. The number of hydrogen-bond donors (Lipinski definition) is 2. The van der Waals surface area contributed by atoms with Crippen molar-refractivity contribution in [1.29, 1.82) is 5.26 Å². The molecule has 0 saturated carbocycles. The van der Waals surface area contributed by atoms with Crippen LogP contribution in [0.4, 0.5) is 4.39 Å². The van der Waals surface area contributed by atoms with E-state index in [1.807, 2.05) is 0 Å². The zero-order valence-corrected chi connectivity index (χ0v) is 18.5. The molecule has 0 amide bonds. The van der Waals surface area contributed by atoms with Crippen LogP contribution in [0.25, 0.3) is 0 Å². The maximum absolute atomic E-state index is 14.0. The van der Waals surface area contributed by atoms with Crippen LogP contribution in [-0.2, 0) is 19.9 Å². The highest BCUT2D eigenvalue weighted by Gasteiger charge is 2.55. The lowest BCUT2D eigenvalue weighted by Gasteiger charge is -2.26. The van der Waals surface area contributed by atoms with Crippen LogP contribution < -0.4 is 0 Å². The maximum Gasteiger partial charge on any atom is 0.244 e. The number of aliphatic hydroxyl groups is 2. The van der Waals surface area contributed by atoms with Crippen molar-refractivity contribution in [2.24, 2.45) is 0 Å². The molecule has 0 unspecified atom stereocenters. The summed E-state index contributed by atoms with van der Waals surface area (Å²) < 4.78 is 67.1. The second-order valence-corrected chi connectivity index (χ2v) is 11.7. The Bertz CT molecular complexity index is 1290. The minimum atomic E-state index is -4.50. The lowest BCUT2D eigenvalue weighted by molar-refractivity contribution is 0.00159. The molecule has 12 heteroatoms. The number of rotatable bonds is 5. The second kappa shape index (κ2) is 8.12. The van der Waals surface area contributed by atoms with Gasteiger partial charge in [0, 0.05) is 13.1 Å². The minimum Gasteiger partial charge on any atom is -0.393 e. The molecule has 0 aromatic heterocycles. The monoisotopic (exact) mass is 488 g/mol. The number of benzene rings is 2. The number of halogens is 2. The highest BCUT2D eigenvalue weighted by atomic mass is 35.5. The van der Waals surface area contributed by atoms with Crippen molar-refractivity contribution >= 4 is 31.5 Å². The van der Waals surface area contributed by atoms with Crippen molar-refractivity contribution in [2.45, 2.75) is 27.6 Å². The van der Waals surface area contributed by atoms with E-state index in [1.54, 1.807) is 13.0 Å². The summed E-state index contributed by atoms with van der Waals surface area (Å²) in [5.41, 5.74) is -2.01. The summed E-state index contributed by atoms with van der Waals surface area (Å²) in [6, 6.07) is 8.36. The molecule has 0 radical (unpaired) electrons. The van der Waals surface area contributed by atoms with E-state index in [0.717, 1.165) is 16.4 Å². The van der Waals surface area contributed by atoms with Gasteiger partial charge in [0.15, 0.2) is 9.84 Å². The van der Waals surface area contributed by atoms with E-state index in [0.29, 0.717) is 11.6 Å². The Balaban J connectivity index is 2.04. The molecule has 8 nitrogen and oxygen atoms in total. The average molecular weight is 489 g/mol. The summed E-state index contributed by atoms with van der Waals surface area (Å²) in [6.45, 7) is -0.739. The predicted octanol–water partition coefficient (Wildman–Crippen LogP) is 1.23. The normalized spacial score (nSPS) is 22.4. The highest BCUT2D eigenvalue weighted by Crippen LogP contribution is 2.36. The molecule has 2 aromatic rings. The largest absolute Gasteiger partial charge is 0.393 e. The minimum absolute atomic E-state index is 0.0759. The third kappa shape index (κ3) is 4.07. The summed E-state index contributed by atoms with van der Waals surface area (Å²) in [5, 5.41) is 27.5. The Hall–Kier alpha value is -2.07. The van der Waals surface area contributed by atoms with Crippen LogP contribution in [0, 0.1) is 24.1 Å². The zero-order chi connectivity index (χ0) is 23.2. The fourth-order valence-corrected chi connectivity index (χ4v) is 7.57. The average Bonchev–Trinajstić information content (AvgIpc) is 3.07. The second-order valence-electron chi connectivity index (χ2n) is 7.28. The molecule has 1 aliphatic rings. The Morgan fingerprint density at radius 1 is 1.26 bits per heavy atom. The first-order valence-corrected chi connectivity index (χ1v) is 12.3. The molecular weight excluding hydrogens is 471 g/mol. The van der Waals surface area contributed by atoms with E-state index in [2.05, 4.69) is 0 Å². The van der Waals surface area contributed by atoms with Gasteiger partial charge in [-0.3, -0.25) is 0 Å². The molecule has 3 rings (SSSR count). The number of hydrogen-bond acceptors (Lipinski definition) is 7. The lowest BCUT2D eigenvalue weighted by atomic mass is 10.1. The molecule has 0 spiro atoms. The van der Waals surface area contributed by atoms with Crippen LogP contribution in [0.5, 0.6) is 0 Å². The van der Waals surface area contributed by atoms with Crippen molar-refractivity contribution in [3.8, 4) is 6.07 Å². The highest BCUT2D eigenvalue weighted by molar-refractivity contribution is 7.92. The zero-order valence-electron chi connectivity index (χ0n) is 16.2. The van der Waals surface area contributed by atoms with E-state index in [4.69, 9.17) is 16.9 Å². The number of nitrogens with zero attached hydrogens (tertiary/aromatic N) is 2. The number of nitriles is 1. The lowest BCUT2D eigenvalue weighted by Crippen LogP contribution is -2.49. The Labute approximate surface area is 184 Å². The number of β-amino-alcohol motifs (C(OH)–C–C–N with tert-alkyl or cyclic N) is 1. The SMILES string of the molecule is Cc1ccc(S(=O)(=O)N2C[C@H](S(=O)(=O)c3ccc(C#N)c(F)c3)[C@@](O)(CO)C2)c(Cl)c1. The molecule has 0 bridgehead atoms. The van der Waals surface area contributed by atoms with Gasteiger partial charge in [0.25, 0.3) is 0 Å². The van der Waals surface area contributed by atoms with Crippen molar-refractivity contribution < 1.29 is 31.4 Å². The van der Waals surface area contributed by atoms with Crippen LogP contribution in [0.15, 0.2) is 46.2 Å². The summed E-state index contributed by atoms with van der Waals surface area (Å²) in [4.78, 5) is -0.823. The molecule has 2 N–H and O–H groups in total. The molecule has 0 aliphatic carbocycles. The Kier molecular flexibility index (Phi) is 6.18. The van der Waals surface area contributed by atoms with Crippen molar-refractivity contribution in [3.05, 3.63) is 58.4 Å². The van der Waals surface area contributed by atoms with Gasteiger partial charge < -0.3 is 10.2 Å². The van der Waals surface area contributed by atoms with Gasteiger partial charge in [0.2, 0.25) is 10.0 Å². The summed E-state index contributed by atoms with van der Waals surface area (Å²) in [5.74, 6) is -1.08. The summed E-state index contributed by atoms with van der Waals surface area (Å²) >= 11 is 6.06. The fraction of sp³-hybridized carbons (Fsp3) is 0.316. The molecular formula is C19H18ClFN2O6S2. The van der Waals surface area contributed by atoms with Gasteiger partial charge in [-0.05, 0) is 42.8 Å². The van der Waals surface area contributed by atoms with Gasteiger partial charge in [0.05, 0.1) is 22.1 Å². The molecule has 1 saturated heterocycles. The van der Waals surface area contributed by atoms with E-state index in [1.165, 1.54) is 18.2 Å². The van der Waals surface area contributed by atoms with E-state index in [9.17, 15) is 31.4 Å². The van der Waals surface area contributed by atoms with E-state index >= 15 is 0 Å². The summed E-state index contributed by atoms with van der Waals surface area (Å²) in [6.07, 6.45) is 0. The Morgan fingerprint density at radius 3 is 2.48 bits per heavy atom. The first-order valence-electron chi connectivity index (χ1n) is 8.90. The van der Waals surface area contributed by atoms with Gasteiger partial charge in [-0.15, -0.1) is 0 Å². The quantitative estimate of drug-likeness (QED) is 0.646. The molecule has 1 aliphatic heterocycles. The molecule has 31 heavy (non-hydrogen) atoms. The van der Waals surface area contributed by atoms with Gasteiger partial charge in [-0.25, -0.2) is 21.2 Å². The van der Waals surface area contributed by atoms with Crippen LogP contribution in [0.3, 0.4) is 0 Å². The topological polar surface area (TPSA) is 136 Å². The van der Waals surface area contributed by atoms with Gasteiger partial charge in [-0.1, -0.05) is 17.7 Å². The van der Waals surface area contributed by atoms with Crippen molar-refractivity contribution in [2.75, 3.05) is 19.7 Å². The number of aryl methyl sites for hydroxylation is 1. The van der Waals surface area contributed by atoms with Crippen LogP contribution in [0.1, 0.15) is 11.1 Å². The van der Waals surface area contributed by atoms with Crippen LogP contribution in [-0.4, -0.2) is 61.9 Å². The van der Waals surface area contributed by atoms with E-state index < -0.39 is 61.1 Å². The maximum atomic E-state index is 14.0. The molecule has 166 valence electrons.